The van der Waals surface area contributed by atoms with Gasteiger partial charge >= 0.3 is 7.48 Å². The predicted molar refractivity (Wildman–Crippen MR) is 148 cm³/mol. The fourth-order valence-corrected chi connectivity index (χ4v) is 4.67. The first-order valence-corrected chi connectivity index (χ1v) is 12.6. The lowest BCUT2D eigenvalue weighted by molar-refractivity contribution is -0.121. The number of carbonyl (C=O) groups excluding carboxylic acids is 1. The predicted octanol–water partition coefficient (Wildman–Crippen LogP) is 3.12. The summed E-state index contributed by atoms with van der Waals surface area (Å²) in [5.41, 5.74) is 5.10. The number of nitrogens with one attached hydrogen (secondary N) is 1. The van der Waals surface area contributed by atoms with Gasteiger partial charge in [0.1, 0.15) is 17.6 Å². The minimum absolute atomic E-state index is 0.110. The van der Waals surface area contributed by atoms with Crippen molar-refractivity contribution in [2.45, 2.75) is 25.8 Å². The zero-order valence-electron chi connectivity index (χ0n) is 21.1. The Labute approximate surface area is 226 Å². The lowest BCUT2D eigenvalue weighted by Crippen LogP contribution is -2.27. The van der Waals surface area contributed by atoms with E-state index < -0.39 is 6.04 Å². The van der Waals surface area contributed by atoms with Crippen molar-refractivity contribution in [1.82, 2.24) is 20.1 Å². The first kappa shape index (κ1) is 25.7. The summed E-state index contributed by atoms with van der Waals surface area (Å²) in [5, 5.41) is 21.5. The topological polar surface area (TPSA) is 102 Å². The Bertz CT molecular complexity index is 1490. The van der Waals surface area contributed by atoms with Gasteiger partial charge in [0.2, 0.25) is 5.91 Å². The molecule has 2 N–H and O–H groups in total. The van der Waals surface area contributed by atoms with Gasteiger partial charge in [0, 0.05) is 22.7 Å². The van der Waals surface area contributed by atoms with E-state index in [0.717, 1.165) is 41.0 Å². The van der Waals surface area contributed by atoms with Gasteiger partial charge in [0.25, 0.3) is 0 Å². The number of nitrogens with zero attached hydrogens (tertiary/aromatic N) is 4. The van der Waals surface area contributed by atoms with Gasteiger partial charge in [-0.05, 0) is 49.2 Å². The molecule has 1 aliphatic heterocycles. The molecule has 1 atom stereocenters. The maximum Gasteiger partial charge on any atom is 0.326 e. The van der Waals surface area contributed by atoms with Crippen LogP contribution in [0.1, 0.15) is 40.8 Å². The number of aliphatic imine (C=N–C) groups is 1. The third kappa shape index (κ3) is 5.34. The molecule has 8 nitrogen and oxygen atoms in total. The van der Waals surface area contributed by atoms with E-state index in [-0.39, 0.29) is 12.3 Å². The SMILES string of the molecule is COc1ccc2c(c1)C(c1ccc(Cl)cc1)=NC(CC(=O)NCCc1ccc([B]O)cc1)c1nnc(C)n1-2. The molecule has 0 saturated heterocycles. The fourth-order valence-electron chi connectivity index (χ4n) is 4.54. The third-order valence-corrected chi connectivity index (χ3v) is 6.75. The van der Waals surface area contributed by atoms with Crippen LogP contribution in [0.3, 0.4) is 0 Å². The van der Waals surface area contributed by atoms with Gasteiger partial charge in [-0.3, -0.25) is 14.4 Å². The van der Waals surface area contributed by atoms with Crippen LogP contribution < -0.4 is 15.5 Å². The molecule has 38 heavy (non-hydrogen) atoms. The highest BCUT2D eigenvalue weighted by Crippen LogP contribution is 2.34. The van der Waals surface area contributed by atoms with Crippen molar-refractivity contribution in [3.8, 4) is 11.4 Å². The molecule has 0 spiro atoms. The molecule has 2 heterocycles. The molecule has 4 aromatic rings. The quantitative estimate of drug-likeness (QED) is 0.344. The number of fused-ring (bicyclic) bond motifs is 3. The molecule has 1 aliphatic rings. The molecule has 1 amide bonds. The third-order valence-electron chi connectivity index (χ3n) is 6.49. The number of hydrogen-bond donors (Lipinski definition) is 2. The summed E-state index contributed by atoms with van der Waals surface area (Å²) in [7, 11) is 2.69. The number of aryl methyl sites for hydroxylation is 1. The van der Waals surface area contributed by atoms with Crippen LogP contribution in [0.5, 0.6) is 5.75 Å². The van der Waals surface area contributed by atoms with Gasteiger partial charge in [0.15, 0.2) is 5.82 Å². The normalized spacial score (nSPS) is 14.1. The molecular weight excluding hydrogens is 501 g/mol. The smallest absolute Gasteiger partial charge is 0.326 e. The summed E-state index contributed by atoms with van der Waals surface area (Å²) < 4.78 is 7.47. The van der Waals surface area contributed by atoms with E-state index in [1.54, 1.807) is 7.11 Å². The van der Waals surface area contributed by atoms with Crippen LogP contribution in [-0.4, -0.2) is 52.5 Å². The molecular formula is C28H26BClN5O3. The zero-order valence-corrected chi connectivity index (χ0v) is 21.8. The van der Waals surface area contributed by atoms with Gasteiger partial charge in [-0.1, -0.05) is 53.5 Å². The second-order valence-corrected chi connectivity index (χ2v) is 9.44. The van der Waals surface area contributed by atoms with Crippen LogP contribution in [0.15, 0.2) is 71.7 Å². The molecule has 1 aromatic heterocycles. The summed E-state index contributed by atoms with van der Waals surface area (Å²) in [5.74, 6) is 1.86. The average molecular weight is 527 g/mol. The molecule has 0 aliphatic carbocycles. The van der Waals surface area contributed by atoms with E-state index in [9.17, 15) is 4.79 Å². The molecule has 0 bridgehead atoms. The van der Waals surface area contributed by atoms with Crippen molar-refractivity contribution >= 4 is 36.2 Å². The Morgan fingerprint density at radius 3 is 2.58 bits per heavy atom. The Balaban J connectivity index is 1.45. The first-order valence-electron chi connectivity index (χ1n) is 12.2. The van der Waals surface area contributed by atoms with Crippen LogP contribution in [0.4, 0.5) is 0 Å². The molecule has 1 unspecified atom stereocenters. The average Bonchev–Trinajstić information content (AvgIpc) is 3.26. The highest BCUT2D eigenvalue weighted by molar-refractivity contribution is 6.45. The Hall–Kier alpha value is -3.95. The summed E-state index contributed by atoms with van der Waals surface area (Å²) >= 11 is 6.16. The summed E-state index contributed by atoms with van der Waals surface area (Å²) in [6.45, 7) is 2.36. The van der Waals surface area contributed by atoms with Crippen molar-refractivity contribution in [1.29, 1.82) is 0 Å². The molecule has 1 radical (unpaired) electrons. The summed E-state index contributed by atoms with van der Waals surface area (Å²) in [4.78, 5) is 18.2. The largest absolute Gasteiger partial charge is 0.497 e. The second-order valence-electron chi connectivity index (χ2n) is 9.00. The van der Waals surface area contributed by atoms with Gasteiger partial charge in [0.05, 0.1) is 24.9 Å². The monoisotopic (exact) mass is 526 g/mol. The Morgan fingerprint density at radius 2 is 1.87 bits per heavy atom. The van der Waals surface area contributed by atoms with Crippen molar-refractivity contribution in [2.75, 3.05) is 13.7 Å². The summed E-state index contributed by atoms with van der Waals surface area (Å²) in [6, 6.07) is 20.2. The minimum Gasteiger partial charge on any atom is -0.497 e. The van der Waals surface area contributed by atoms with Gasteiger partial charge < -0.3 is 15.1 Å². The number of benzene rings is 3. The number of ether oxygens (including phenoxy) is 1. The van der Waals surface area contributed by atoms with E-state index in [4.69, 9.17) is 26.4 Å². The van der Waals surface area contributed by atoms with Gasteiger partial charge in [-0.15, -0.1) is 10.2 Å². The number of hydrogen-bond acceptors (Lipinski definition) is 6. The van der Waals surface area contributed by atoms with Crippen LogP contribution in [0.2, 0.25) is 5.02 Å². The number of methoxy groups -OCH3 is 1. The molecule has 3 aromatic carbocycles. The van der Waals surface area contributed by atoms with E-state index in [1.807, 2.05) is 78.2 Å². The van der Waals surface area contributed by atoms with Crippen LogP contribution in [0.25, 0.3) is 5.69 Å². The number of rotatable bonds is 8. The molecule has 0 saturated carbocycles. The van der Waals surface area contributed by atoms with Crippen molar-refractivity contribution < 1.29 is 14.6 Å². The van der Waals surface area contributed by atoms with E-state index in [2.05, 4.69) is 15.5 Å². The maximum atomic E-state index is 13.1. The van der Waals surface area contributed by atoms with Crippen LogP contribution in [-0.2, 0) is 11.2 Å². The van der Waals surface area contributed by atoms with Crippen molar-refractivity contribution in [3.05, 3.63) is 100 Å². The number of amides is 1. The highest BCUT2D eigenvalue weighted by atomic mass is 35.5. The molecule has 191 valence electrons. The molecule has 5 rings (SSSR count). The van der Waals surface area contributed by atoms with Crippen molar-refractivity contribution in [2.24, 2.45) is 4.99 Å². The standard InChI is InChI=1S/C28H26BClN5O3/c1-17-33-34-28-24(16-26(36)31-14-13-18-3-7-20(29-37)8-4-18)32-27(19-5-9-21(30)10-6-19)23-15-22(38-2)11-12-25(23)35(17)28/h3-12,15,24,37H,13-14,16H2,1-2H3,(H,31,36). The summed E-state index contributed by atoms with van der Waals surface area (Å²) in [6.07, 6.45) is 0.778. The number of aromatic nitrogens is 3. The first-order chi connectivity index (χ1) is 18.5. The lowest BCUT2D eigenvalue weighted by Gasteiger charge is -2.14. The number of carbonyl (C=O) groups is 1. The highest BCUT2D eigenvalue weighted by Gasteiger charge is 2.30. The fraction of sp³-hybridized carbons (Fsp3) is 0.214. The van der Waals surface area contributed by atoms with E-state index in [1.165, 1.54) is 0 Å². The molecule has 10 heteroatoms. The lowest BCUT2D eigenvalue weighted by atomic mass is 9.88. The van der Waals surface area contributed by atoms with Gasteiger partial charge in [-0.25, -0.2) is 0 Å². The Morgan fingerprint density at radius 1 is 1.11 bits per heavy atom. The van der Waals surface area contributed by atoms with Crippen LogP contribution >= 0.6 is 11.6 Å². The van der Waals surface area contributed by atoms with E-state index in [0.29, 0.717) is 35.4 Å². The minimum atomic E-state index is -0.556. The Kier molecular flexibility index (Phi) is 7.58. The van der Waals surface area contributed by atoms with Crippen LogP contribution in [0, 0.1) is 6.92 Å². The van der Waals surface area contributed by atoms with Gasteiger partial charge in [-0.2, -0.15) is 0 Å². The molecule has 0 fully saturated rings. The zero-order chi connectivity index (χ0) is 26.6. The van der Waals surface area contributed by atoms with E-state index >= 15 is 0 Å². The second kappa shape index (κ2) is 11.2. The number of halogens is 1. The van der Waals surface area contributed by atoms with Crippen molar-refractivity contribution in [3.63, 3.8) is 0 Å². The maximum absolute atomic E-state index is 13.1.